The Morgan fingerprint density at radius 1 is 0.919 bits per heavy atom. The van der Waals surface area contributed by atoms with Crippen LogP contribution in [-0.4, -0.2) is 79.8 Å². The van der Waals surface area contributed by atoms with Crippen molar-refractivity contribution < 1.29 is 55.8 Å². The first-order valence-electron chi connectivity index (χ1n) is 22.3. The lowest BCUT2D eigenvalue weighted by Crippen LogP contribution is -3.00. The van der Waals surface area contributed by atoms with Crippen molar-refractivity contribution in [2.45, 2.75) is 146 Å². The second-order valence-electron chi connectivity index (χ2n) is 18.9. The fourth-order valence-electron chi connectivity index (χ4n) is 10.2. The first-order valence-corrected chi connectivity index (χ1v) is 24.2. The summed E-state index contributed by atoms with van der Waals surface area (Å²) in [6.07, 6.45) is 13.7. The Morgan fingerprint density at radius 2 is 1.58 bits per heavy atom. The molecule has 4 N–H and O–H groups in total. The van der Waals surface area contributed by atoms with Crippen LogP contribution in [0.3, 0.4) is 0 Å². The van der Waals surface area contributed by atoms with Gasteiger partial charge in [0.05, 0.1) is 43.2 Å². The van der Waals surface area contributed by atoms with Crippen LogP contribution in [0.15, 0.2) is 113 Å². The number of carbonyl (C=O) groups excluding carboxylic acids is 1. The number of carbonyl (C=O) groups is 1. The summed E-state index contributed by atoms with van der Waals surface area (Å²) in [5.74, 6) is -0.135. The minimum absolute atomic E-state index is 0. The number of ether oxygens (including phenoxy) is 4. The zero-order valence-electron chi connectivity index (χ0n) is 37.3. The number of benzene rings is 2. The third kappa shape index (κ3) is 11.0. The van der Waals surface area contributed by atoms with E-state index in [2.05, 4.69) is 108 Å². The summed E-state index contributed by atoms with van der Waals surface area (Å²) >= 11 is 0. The van der Waals surface area contributed by atoms with Crippen molar-refractivity contribution in [1.82, 2.24) is 4.98 Å². The molecule has 0 saturated carbocycles. The van der Waals surface area contributed by atoms with E-state index in [1.165, 1.54) is 10.4 Å². The zero-order valence-corrected chi connectivity index (χ0v) is 39.0. The Kier molecular flexibility index (Phi) is 16.1. The van der Waals surface area contributed by atoms with E-state index in [1.807, 2.05) is 31.2 Å². The van der Waals surface area contributed by atoms with Crippen LogP contribution in [-0.2, 0) is 28.2 Å². The molecule has 8 bridgehead atoms. The molecule has 336 valence electrons. The molecule has 3 aromatic rings. The molecule has 2 aromatic carbocycles. The van der Waals surface area contributed by atoms with Gasteiger partial charge in [0, 0.05) is 30.8 Å². The van der Waals surface area contributed by atoms with Crippen molar-refractivity contribution in [2.24, 2.45) is 11.8 Å². The van der Waals surface area contributed by atoms with Crippen LogP contribution in [0.1, 0.15) is 104 Å². The molecular weight excluding hydrogens is 820 g/mol. The minimum atomic E-state index is -2.88. The van der Waals surface area contributed by atoms with Gasteiger partial charge in [0.1, 0.15) is 30.2 Å². The number of hydrogen-bond acceptors (Lipinski definition) is 9. The van der Waals surface area contributed by atoms with Gasteiger partial charge < -0.3 is 51.0 Å². The van der Waals surface area contributed by atoms with Gasteiger partial charge in [-0.2, -0.15) is 0 Å². The summed E-state index contributed by atoms with van der Waals surface area (Å²) in [7, 11) is -2.88. The highest BCUT2D eigenvalue weighted by atomic mass is 35.5. The first kappa shape index (κ1) is 47.8. The van der Waals surface area contributed by atoms with Crippen LogP contribution < -0.4 is 28.5 Å². The summed E-state index contributed by atoms with van der Waals surface area (Å²) in [5.41, 5.74) is 6.86. The van der Waals surface area contributed by atoms with E-state index in [1.54, 1.807) is 12.3 Å². The molecule has 3 fully saturated rings. The standard InChI is InChI=1S/C50H66N2O8Si.ClH/c1-32-24-37-16-14-23-47(54)59-49-34(3)44(58-48(35(49)4)33(2)26-36(51)30-53)21-15-22-46-52-43(31-55-46)45-29-40(28-39(57-45)27-38(25-32)56-37)60-61(50(5,6)7,41-17-10-8-11-18-41)42-19-12-9-13-20-42;/h8-15,17-20,22-23,26,31,34-40,44-45,48-49,53H,1,16,21,24-25,27-30,51H2,2-7H3;1H/b22-15+,23-14-,33-26+;/t34-,35+,36-,37+,38-,39-,40-,44-,45-,48+,49+;/m1./s1. The molecule has 12 heteroatoms. The Hall–Kier alpha value is -3.65. The van der Waals surface area contributed by atoms with Gasteiger partial charge in [0.2, 0.25) is 5.89 Å². The number of esters is 1. The maximum absolute atomic E-state index is 13.5. The number of halogens is 1. The monoisotopic (exact) mass is 886 g/mol. The van der Waals surface area contributed by atoms with Crippen LogP contribution in [0.25, 0.3) is 6.08 Å². The average Bonchev–Trinajstić information content (AvgIpc) is 3.71. The van der Waals surface area contributed by atoms with Crippen molar-refractivity contribution in [3.8, 4) is 0 Å². The molecule has 10 nitrogen and oxygen atoms in total. The molecule has 11 atom stereocenters. The summed E-state index contributed by atoms with van der Waals surface area (Å²) in [5, 5.41) is 12.0. The number of nitrogens with zero attached hydrogens (tertiary/aromatic N) is 1. The van der Waals surface area contributed by atoms with E-state index < -0.39 is 14.4 Å². The van der Waals surface area contributed by atoms with Gasteiger partial charge in [-0.3, -0.25) is 0 Å². The summed E-state index contributed by atoms with van der Waals surface area (Å²) in [6, 6.07) is 21.3. The topological polar surface area (TPSA) is 137 Å². The molecule has 62 heavy (non-hydrogen) atoms. The van der Waals surface area contributed by atoms with E-state index in [4.69, 9.17) is 32.8 Å². The molecule has 0 amide bonds. The van der Waals surface area contributed by atoms with Crippen LogP contribution in [0.2, 0.25) is 5.04 Å². The SMILES string of the molecule is C=C1C[C@@H]2C[C@@H]3C[C@@H](O[Si](c4ccccc4)(c4ccccc4)C(C)(C)C)C[C@@H](O3)c3coc(n3)/C=C/C[C@H]3O[C@@H](/C(C)=C/[C@@H]([NH3+])CO)[C@H](C)[C@@H](OC(=O)/C=C\C[C@@H](C1)O2)[C@@H]3C.[Cl-]. The fraction of sp³-hybridized carbons (Fsp3) is 0.520. The Labute approximate surface area is 375 Å². The second-order valence-corrected chi connectivity index (χ2v) is 23.1. The summed E-state index contributed by atoms with van der Waals surface area (Å²) < 4.78 is 40.6. The highest BCUT2D eigenvalue weighted by molar-refractivity contribution is 6.99. The van der Waals surface area contributed by atoms with Crippen LogP contribution >= 0.6 is 0 Å². The largest absolute Gasteiger partial charge is 1.00 e. The molecule has 0 radical (unpaired) electrons. The highest BCUT2D eigenvalue weighted by Crippen LogP contribution is 2.43. The lowest BCUT2D eigenvalue weighted by Gasteiger charge is -2.47. The van der Waals surface area contributed by atoms with Gasteiger partial charge >= 0.3 is 5.97 Å². The van der Waals surface area contributed by atoms with Gasteiger partial charge in [0.25, 0.3) is 8.32 Å². The van der Waals surface area contributed by atoms with Gasteiger partial charge in [-0.05, 0) is 72.2 Å². The van der Waals surface area contributed by atoms with Crippen molar-refractivity contribution in [2.75, 3.05) is 6.61 Å². The van der Waals surface area contributed by atoms with Crippen LogP contribution in [0.5, 0.6) is 0 Å². The predicted molar refractivity (Wildman–Crippen MR) is 239 cm³/mol. The van der Waals surface area contributed by atoms with E-state index >= 15 is 0 Å². The first-order chi connectivity index (χ1) is 29.2. The highest BCUT2D eigenvalue weighted by Gasteiger charge is 2.53. The van der Waals surface area contributed by atoms with E-state index in [0.717, 1.165) is 29.7 Å². The lowest BCUT2D eigenvalue weighted by molar-refractivity contribution is -0.408. The number of aromatic nitrogens is 1. The summed E-state index contributed by atoms with van der Waals surface area (Å²) in [4.78, 5) is 18.4. The third-order valence-electron chi connectivity index (χ3n) is 13.1. The average molecular weight is 888 g/mol. The number of oxazole rings is 1. The van der Waals surface area contributed by atoms with Crippen LogP contribution in [0.4, 0.5) is 0 Å². The van der Waals surface area contributed by atoms with E-state index in [0.29, 0.717) is 38.0 Å². The number of hydrogen-bond donors (Lipinski definition) is 2. The van der Waals surface area contributed by atoms with Gasteiger partial charge in [-0.15, -0.1) is 0 Å². The van der Waals surface area contributed by atoms with Crippen molar-refractivity contribution in [1.29, 1.82) is 0 Å². The zero-order chi connectivity index (χ0) is 43.3. The number of quaternary nitrogens is 1. The molecule has 1 aromatic heterocycles. The molecule has 5 heterocycles. The molecule has 0 spiro atoms. The number of rotatable bonds is 7. The minimum Gasteiger partial charge on any atom is -1.00 e. The molecule has 3 saturated heterocycles. The van der Waals surface area contributed by atoms with Crippen molar-refractivity contribution in [3.05, 3.63) is 121 Å². The Bertz CT molecular complexity index is 1990. The third-order valence-corrected chi connectivity index (χ3v) is 18.2. The predicted octanol–water partition coefficient (Wildman–Crippen LogP) is 4.20. The van der Waals surface area contributed by atoms with E-state index in [9.17, 15) is 9.90 Å². The molecule has 0 unspecified atom stereocenters. The second kappa shape index (κ2) is 20.9. The molecule has 4 aliphatic rings. The van der Waals surface area contributed by atoms with Crippen molar-refractivity contribution >= 4 is 30.7 Å². The van der Waals surface area contributed by atoms with Gasteiger partial charge in [-0.1, -0.05) is 120 Å². The maximum Gasteiger partial charge on any atom is 0.330 e. The quantitative estimate of drug-likeness (QED) is 0.203. The van der Waals surface area contributed by atoms with E-state index in [-0.39, 0.29) is 90.6 Å². The van der Waals surface area contributed by atoms with Gasteiger partial charge in [-0.25, -0.2) is 9.78 Å². The number of aliphatic hydroxyl groups is 1. The normalized spacial score (nSPS) is 31.7. The molecule has 0 aliphatic carbocycles. The molecule has 4 aliphatic heterocycles. The Morgan fingerprint density at radius 3 is 2.24 bits per heavy atom. The molecule has 7 rings (SSSR count). The van der Waals surface area contributed by atoms with Gasteiger partial charge in [0.15, 0.2) is 0 Å². The fourth-order valence-corrected chi connectivity index (χ4v) is 14.9. The lowest BCUT2D eigenvalue weighted by atomic mass is 9.79. The maximum atomic E-state index is 13.5. The van der Waals surface area contributed by atoms with Crippen molar-refractivity contribution in [3.63, 3.8) is 0 Å². The summed E-state index contributed by atoms with van der Waals surface area (Å²) in [6.45, 7) is 17.4. The number of fused-ring (bicyclic) bond motifs is 9. The Balaban J connectivity index is 0.00000641. The molecular formula is C50H67ClN2O8Si. The smallest absolute Gasteiger partial charge is 0.330 e. The number of aliphatic hydroxyl groups excluding tert-OH is 1. The van der Waals surface area contributed by atoms with Crippen LogP contribution in [0, 0.1) is 11.8 Å².